The van der Waals surface area contributed by atoms with Gasteiger partial charge in [-0.05, 0) is 12.1 Å². The molecule has 1 rings (SSSR count). The third-order valence-electron chi connectivity index (χ3n) is 1.39. The summed E-state index contributed by atoms with van der Waals surface area (Å²) < 4.78 is 0.387. The van der Waals surface area contributed by atoms with Crippen molar-refractivity contribution in [2.75, 3.05) is 0 Å². The zero-order chi connectivity index (χ0) is 10.6. The fourth-order valence-electron chi connectivity index (χ4n) is 0.837. The van der Waals surface area contributed by atoms with Crippen LogP contribution in [0.15, 0.2) is 30.3 Å². The first-order valence-corrected chi connectivity index (χ1v) is 4.19. The van der Waals surface area contributed by atoms with Crippen molar-refractivity contribution in [3.05, 3.63) is 35.9 Å². The fourth-order valence-corrected chi connectivity index (χ4v) is 1.03. The highest BCUT2D eigenvalue weighted by atomic mass is 35.5. The van der Waals surface area contributed by atoms with Crippen molar-refractivity contribution in [1.82, 2.24) is 4.58 Å². The van der Waals surface area contributed by atoms with Crippen molar-refractivity contribution < 1.29 is 14.4 Å². The number of benzene rings is 1. The van der Waals surface area contributed by atoms with Gasteiger partial charge in [-0.1, -0.05) is 22.8 Å². The van der Waals surface area contributed by atoms with Crippen molar-refractivity contribution in [2.45, 2.75) is 6.92 Å². The molecule has 0 aliphatic heterocycles. The Hall–Kier alpha value is -1.55. The van der Waals surface area contributed by atoms with Gasteiger partial charge in [0.25, 0.3) is 0 Å². The number of hydrogen-bond acceptors (Lipinski definition) is 3. The van der Waals surface area contributed by atoms with E-state index in [0.717, 1.165) is 6.92 Å². The van der Waals surface area contributed by atoms with E-state index >= 15 is 0 Å². The molecule has 0 fully saturated rings. The molecule has 0 atom stereocenters. The Morgan fingerprint density at radius 3 is 2.36 bits per heavy atom. The second-order valence-electron chi connectivity index (χ2n) is 2.50. The van der Waals surface area contributed by atoms with E-state index in [-0.39, 0.29) is 0 Å². The minimum absolute atomic E-state index is 0.351. The van der Waals surface area contributed by atoms with E-state index in [4.69, 9.17) is 11.8 Å². The molecule has 0 N–H and O–H groups in total. The maximum atomic E-state index is 11.4. The molecule has 0 radical (unpaired) electrons. The van der Waals surface area contributed by atoms with Crippen molar-refractivity contribution in [2.24, 2.45) is 0 Å². The second kappa shape index (κ2) is 4.62. The summed E-state index contributed by atoms with van der Waals surface area (Å²) in [4.78, 5) is 26.3. The molecule has 0 aliphatic rings. The van der Waals surface area contributed by atoms with Crippen LogP contribution in [0.2, 0.25) is 0 Å². The average molecular weight is 214 g/mol. The minimum atomic E-state index is -0.649. The lowest BCUT2D eigenvalue weighted by atomic mass is 10.2. The highest BCUT2D eigenvalue weighted by Gasteiger charge is 2.15. The van der Waals surface area contributed by atoms with Crippen molar-refractivity contribution in [3.8, 4) is 0 Å². The third-order valence-corrected chi connectivity index (χ3v) is 1.61. The van der Waals surface area contributed by atoms with Crippen molar-refractivity contribution >= 4 is 23.7 Å². The summed E-state index contributed by atoms with van der Waals surface area (Å²) in [5.41, 5.74) is 0.351. The van der Waals surface area contributed by atoms with Crippen LogP contribution in [0.25, 0.3) is 0 Å². The summed E-state index contributed by atoms with van der Waals surface area (Å²) in [5.74, 6) is -1.23. The van der Waals surface area contributed by atoms with Crippen LogP contribution in [-0.4, -0.2) is 16.5 Å². The molecular weight excluding hydrogens is 206 g/mol. The fraction of sp³-hybridized carbons (Fsp3) is 0.111. The first-order chi connectivity index (χ1) is 6.61. The normalized spacial score (nSPS) is 9.29. The van der Waals surface area contributed by atoms with Gasteiger partial charge in [-0.15, -0.1) is 0 Å². The number of halogens is 1. The SMILES string of the molecule is CC(=O)ON(Cl)C(=O)c1ccccc1. The number of carbonyl (C=O) groups excluding carboxylic acids is 2. The Labute approximate surface area is 86.1 Å². The Bertz CT molecular complexity index is 339. The summed E-state index contributed by atoms with van der Waals surface area (Å²) in [6.45, 7) is 1.16. The zero-order valence-corrected chi connectivity index (χ0v) is 8.19. The van der Waals surface area contributed by atoms with E-state index in [1.54, 1.807) is 30.3 Å². The van der Waals surface area contributed by atoms with Crippen LogP contribution < -0.4 is 0 Å². The predicted octanol–water partition coefficient (Wildman–Crippen LogP) is 1.76. The van der Waals surface area contributed by atoms with Crippen LogP contribution in [0.1, 0.15) is 17.3 Å². The number of hydrogen-bond donors (Lipinski definition) is 0. The Morgan fingerprint density at radius 1 is 1.29 bits per heavy atom. The molecule has 5 heteroatoms. The molecule has 0 bridgehead atoms. The van der Waals surface area contributed by atoms with Crippen LogP contribution in [0.3, 0.4) is 0 Å². The largest absolute Gasteiger partial charge is 0.331 e. The maximum Gasteiger partial charge on any atom is 0.331 e. The molecular formula is C9H8ClNO3. The average Bonchev–Trinajstić information content (AvgIpc) is 2.17. The molecule has 14 heavy (non-hydrogen) atoms. The van der Waals surface area contributed by atoms with Gasteiger partial charge in [-0.2, -0.15) is 0 Å². The molecule has 4 nitrogen and oxygen atoms in total. The first kappa shape index (κ1) is 10.5. The van der Waals surface area contributed by atoms with Gasteiger partial charge < -0.3 is 4.84 Å². The number of amides is 1. The lowest BCUT2D eigenvalue weighted by molar-refractivity contribution is -0.160. The van der Waals surface area contributed by atoms with Gasteiger partial charge in [0.15, 0.2) is 0 Å². The number of rotatable bonds is 1. The third kappa shape index (κ3) is 2.74. The summed E-state index contributed by atoms with van der Waals surface area (Å²) in [6, 6.07) is 8.28. The molecule has 1 amide bonds. The van der Waals surface area contributed by atoms with E-state index in [9.17, 15) is 9.59 Å². The van der Waals surface area contributed by atoms with Gasteiger partial charge in [0, 0.05) is 12.5 Å². The summed E-state index contributed by atoms with van der Waals surface area (Å²) >= 11 is 5.40. The van der Waals surface area contributed by atoms with Crippen molar-refractivity contribution in [1.29, 1.82) is 0 Å². The van der Waals surface area contributed by atoms with Crippen LogP contribution >= 0.6 is 11.8 Å². The lowest BCUT2D eigenvalue weighted by Crippen LogP contribution is -2.24. The second-order valence-corrected chi connectivity index (χ2v) is 2.81. The van der Waals surface area contributed by atoms with Gasteiger partial charge in [0.2, 0.25) is 0 Å². The standard InChI is InChI=1S/C9H8ClNO3/c1-7(12)14-11(10)9(13)8-5-3-2-4-6-8/h2-6H,1H3. The molecule has 74 valence electrons. The summed E-state index contributed by atoms with van der Waals surface area (Å²) in [7, 11) is 0. The van der Waals surface area contributed by atoms with Gasteiger partial charge >= 0.3 is 11.9 Å². The molecule has 0 heterocycles. The van der Waals surface area contributed by atoms with E-state index in [1.807, 2.05) is 0 Å². The first-order valence-electron chi connectivity index (χ1n) is 3.85. The topological polar surface area (TPSA) is 46.6 Å². The quantitative estimate of drug-likeness (QED) is 0.528. The van der Waals surface area contributed by atoms with Gasteiger partial charge in [0.05, 0.1) is 11.8 Å². The molecule has 0 saturated heterocycles. The van der Waals surface area contributed by atoms with Crippen molar-refractivity contribution in [3.63, 3.8) is 0 Å². The zero-order valence-electron chi connectivity index (χ0n) is 7.44. The maximum absolute atomic E-state index is 11.4. The predicted molar refractivity (Wildman–Crippen MR) is 50.2 cm³/mol. The van der Waals surface area contributed by atoms with Crippen LogP contribution in [-0.2, 0) is 9.63 Å². The Morgan fingerprint density at radius 2 is 1.86 bits per heavy atom. The van der Waals surface area contributed by atoms with Crippen LogP contribution in [0.5, 0.6) is 0 Å². The highest BCUT2D eigenvalue weighted by Crippen LogP contribution is 2.07. The molecule has 1 aromatic rings. The molecule has 0 unspecified atom stereocenters. The van der Waals surface area contributed by atoms with Gasteiger partial charge in [-0.3, -0.25) is 4.79 Å². The Balaban J connectivity index is 2.71. The van der Waals surface area contributed by atoms with Gasteiger partial charge in [-0.25, -0.2) is 4.79 Å². The van der Waals surface area contributed by atoms with Gasteiger partial charge in [0.1, 0.15) is 0 Å². The molecule has 0 saturated carbocycles. The van der Waals surface area contributed by atoms with Crippen LogP contribution in [0, 0.1) is 0 Å². The number of carbonyl (C=O) groups is 2. The molecule has 0 aliphatic carbocycles. The summed E-state index contributed by atoms with van der Waals surface area (Å²) in [6.07, 6.45) is 0. The Kier molecular flexibility index (Phi) is 3.48. The van der Waals surface area contributed by atoms with E-state index in [0.29, 0.717) is 10.1 Å². The summed E-state index contributed by atoms with van der Waals surface area (Å²) in [5, 5.41) is 0. The number of hydroxylamine groups is 1. The van der Waals surface area contributed by atoms with Crippen LogP contribution in [0.4, 0.5) is 0 Å². The smallest absolute Gasteiger partial charge is 0.322 e. The molecule has 1 aromatic carbocycles. The molecule has 0 aromatic heterocycles. The highest BCUT2D eigenvalue weighted by molar-refractivity contribution is 6.23. The van der Waals surface area contributed by atoms with E-state index in [1.165, 1.54) is 0 Å². The van der Waals surface area contributed by atoms with E-state index < -0.39 is 11.9 Å². The lowest BCUT2D eigenvalue weighted by Gasteiger charge is -2.10. The minimum Gasteiger partial charge on any atom is -0.322 e. The monoisotopic (exact) mass is 213 g/mol. The van der Waals surface area contributed by atoms with E-state index in [2.05, 4.69) is 4.84 Å². The molecule has 0 spiro atoms. The number of nitrogens with zero attached hydrogens (tertiary/aromatic N) is 1.